The van der Waals surface area contributed by atoms with E-state index in [9.17, 15) is 4.79 Å². The van der Waals surface area contributed by atoms with Crippen molar-refractivity contribution in [3.05, 3.63) is 72.6 Å². The van der Waals surface area contributed by atoms with Gasteiger partial charge in [0.25, 0.3) is 5.91 Å². The lowest BCUT2D eigenvalue weighted by atomic mass is 9.85. The molecule has 134 valence electrons. The minimum atomic E-state index is -0.0987. The van der Waals surface area contributed by atoms with E-state index in [-0.39, 0.29) is 17.4 Å². The van der Waals surface area contributed by atoms with Gasteiger partial charge in [0.05, 0.1) is 6.04 Å². The number of nitrogens with one attached hydrogen (secondary N) is 1. The summed E-state index contributed by atoms with van der Waals surface area (Å²) in [5.41, 5.74) is 2.61. The van der Waals surface area contributed by atoms with Crippen molar-refractivity contribution in [2.24, 2.45) is 5.41 Å². The molecule has 0 unspecified atom stereocenters. The fourth-order valence-corrected chi connectivity index (χ4v) is 2.81. The lowest BCUT2D eigenvalue weighted by Crippen LogP contribution is -2.31. The molecule has 0 spiro atoms. The molecule has 1 atom stereocenters. The van der Waals surface area contributed by atoms with Gasteiger partial charge in [-0.25, -0.2) is 0 Å². The van der Waals surface area contributed by atoms with Gasteiger partial charge in [-0.1, -0.05) is 26.8 Å². The number of carbonyl (C=O) groups excluding carboxylic acids is 1. The number of nitrogens with zero attached hydrogens (tertiary/aromatic N) is 4. The average Bonchev–Trinajstić information content (AvgIpc) is 3.15. The molecule has 3 rings (SSSR count). The summed E-state index contributed by atoms with van der Waals surface area (Å²) >= 11 is 0. The van der Waals surface area contributed by atoms with Crippen LogP contribution in [0.25, 0.3) is 5.69 Å². The van der Waals surface area contributed by atoms with Crippen LogP contribution in [0.3, 0.4) is 0 Å². The van der Waals surface area contributed by atoms with E-state index < -0.39 is 0 Å². The lowest BCUT2D eigenvalue weighted by molar-refractivity contribution is 0.0926. The number of rotatable bonds is 5. The van der Waals surface area contributed by atoms with Crippen molar-refractivity contribution in [3.63, 3.8) is 0 Å². The van der Waals surface area contributed by atoms with Crippen molar-refractivity contribution in [1.82, 2.24) is 25.1 Å². The quantitative estimate of drug-likeness (QED) is 0.764. The Balaban J connectivity index is 1.77. The molecular weight excluding hydrogens is 326 g/mol. The maximum absolute atomic E-state index is 12.7. The van der Waals surface area contributed by atoms with Gasteiger partial charge in [-0.15, -0.1) is 10.2 Å². The van der Waals surface area contributed by atoms with Gasteiger partial charge in [-0.3, -0.25) is 14.3 Å². The number of amides is 1. The summed E-state index contributed by atoms with van der Waals surface area (Å²) in [6.45, 7) is 6.49. The number of hydrogen-bond acceptors (Lipinski definition) is 4. The molecule has 26 heavy (non-hydrogen) atoms. The second kappa shape index (κ2) is 7.47. The van der Waals surface area contributed by atoms with Gasteiger partial charge in [0.1, 0.15) is 12.7 Å². The molecule has 1 N–H and O–H groups in total. The van der Waals surface area contributed by atoms with E-state index in [2.05, 4.69) is 41.3 Å². The standard InChI is InChI=1S/C20H23N5O/c1-20(2,3)11-18(16-5-4-10-21-12-16)24-19(26)15-6-8-17(9-7-15)25-13-22-23-14-25/h4-10,12-14,18H,11H2,1-3H3,(H,24,26)/t18-/m0/s1. The second-order valence-corrected chi connectivity index (χ2v) is 7.49. The first-order valence-corrected chi connectivity index (χ1v) is 8.58. The van der Waals surface area contributed by atoms with Crippen LogP contribution in [-0.2, 0) is 0 Å². The van der Waals surface area contributed by atoms with Crippen molar-refractivity contribution >= 4 is 5.91 Å². The maximum Gasteiger partial charge on any atom is 0.251 e. The highest BCUT2D eigenvalue weighted by atomic mass is 16.1. The summed E-state index contributed by atoms with van der Waals surface area (Å²) in [5.74, 6) is -0.0987. The van der Waals surface area contributed by atoms with Gasteiger partial charge in [-0.2, -0.15) is 0 Å². The second-order valence-electron chi connectivity index (χ2n) is 7.49. The minimum absolute atomic E-state index is 0.0755. The van der Waals surface area contributed by atoms with E-state index in [0.29, 0.717) is 5.56 Å². The first-order chi connectivity index (χ1) is 12.4. The molecule has 0 saturated heterocycles. The van der Waals surface area contributed by atoms with Crippen LogP contribution in [0.4, 0.5) is 0 Å². The fraction of sp³-hybridized carbons (Fsp3) is 0.300. The third-order valence-electron chi connectivity index (χ3n) is 4.05. The van der Waals surface area contributed by atoms with Gasteiger partial charge in [0.2, 0.25) is 0 Å². The van der Waals surface area contributed by atoms with Crippen molar-refractivity contribution in [1.29, 1.82) is 0 Å². The van der Waals surface area contributed by atoms with Gasteiger partial charge < -0.3 is 5.32 Å². The SMILES string of the molecule is CC(C)(C)C[C@H](NC(=O)c1ccc(-n2cnnc2)cc1)c1cccnc1. The molecule has 3 aromatic rings. The highest BCUT2D eigenvalue weighted by Gasteiger charge is 2.22. The molecule has 1 aromatic carbocycles. The van der Waals surface area contributed by atoms with E-state index in [4.69, 9.17) is 0 Å². The van der Waals surface area contributed by atoms with Gasteiger partial charge in [-0.05, 0) is 47.7 Å². The van der Waals surface area contributed by atoms with Crippen molar-refractivity contribution in [2.75, 3.05) is 0 Å². The first-order valence-electron chi connectivity index (χ1n) is 8.58. The van der Waals surface area contributed by atoms with E-state index in [1.165, 1.54) is 0 Å². The van der Waals surface area contributed by atoms with Crippen LogP contribution in [-0.4, -0.2) is 25.7 Å². The van der Waals surface area contributed by atoms with E-state index in [1.54, 1.807) is 23.4 Å². The summed E-state index contributed by atoms with van der Waals surface area (Å²) in [7, 11) is 0. The zero-order chi connectivity index (χ0) is 18.6. The zero-order valence-electron chi connectivity index (χ0n) is 15.3. The summed E-state index contributed by atoms with van der Waals surface area (Å²) in [5, 5.41) is 10.7. The number of aromatic nitrogens is 4. The molecule has 1 amide bonds. The number of pyridine rings is 1. The molecule has 0 bridgehead atoms. The summed E-state index contributed by atoms with van der Waals surface area (Å²) in [6.07, 6.45) is 7.62. The molecule has 0 aliphatic rings. The molecule has 0 aliphatic heterocycles. The topological polar surface area (TPSA) is 72.7 Å². The summed E-state index contributed by atoms with van der Waals surface area (Å²) in [6, 6.07) is 11.2. The number of hydrogen-bond donors (Lipinski definition) is 1. The van der Waals surface area contributed by atoms with E-state index in [0.717, 1.165) is 17.7 Å². The highest BCUT2D eigenvalue weighted by Crippen LogP contribution is 2.29. The molecule has 0 saturated carbocycles. The van der Waals surface area contributed by atoms with Crippen molar-refractivity contribution in [3.8, 4) is 5.69 Å². The molecular formula is C20H23N5O. The van der Waals surface area contributed by atoms with Gasteiger partial charge in [0.15, 0.2) is 0 Å². The average molecular weight is 349 g/mol. The van der Waals surface area contributed by atoms with Gasteiger partial charge in [0, 0.05) is 23.6 Å². The predicted molar refractivity (Wildman–Crippen MR) is 99.9 cm³/mol. The predicted octanol–water partition coefficient (Wildman–Crippen LogP) is 3.57. The number of benzene rings is 1. The molecule has 6 nitrogen and oxygen atoms in total. The highest BCUT2D eigenvalue weighted by molar-refractivity contribution is 5.94. The van der Waals surface area contributed by atoms with Gasteiger partial charge >= 0.3 is 0 Å². The van der Waals surface area contributed by atoms with Crippen LogP contribution in [0.1, 0.15) is 49.2 Å². The zero-order valence-corrected chi connectivity index (χ0v) is 15.3. The Morgan fingerprint density at radius 1 is 1.12 bits per heavy atom. The van der Waals surface area contributed by atoms with Crippen molar-refractivity contribution in [2.45, 2.75) is 33.2 Å². The third kappa shape index (κ3) is 4.53. The minimum Gasteiger partial charge on any atom is -0.345 e. The van der Waals surface area contributed by atoms with Crippen LogP contribution >= 0.6 is 0 Å². The monoisotopic (exact) mass is 349 g/mol. The summed E-state index contributed by atoms with van der Waals surface area (Å²) < 4.78 is 1.79. The molecule has 2 aromatic heterocycles. The van der Waals surface area contributed by atoms with Crippen LogP contribution in [0.2, 0.25) is 0 Å². The van der Waals surface area contributed by atoms with E-state index in [1.807, 2.05) is 42.6 Å². The molecule has 2 heterocycles. The number of carbonyl (C=O) groups is 1. The smallest absolute Gasteiger partial charge is 0.251 e. The Kier molecular flexibility index (Phi) is 5.11. The Labute approximate surface area is 153 Å². The first kappa shape index (κ1) is 17.8. The van der Waals surface area contributed by atoms with Crippen LogP contribution in [0, 0.1) is 5.41 Å². The Morgan fingerprint density at radius 3 is 2.38 bits per heavy atom. The fourth-order valence-electron chi connectivity index (χ4n) is 2.81. The van der Waals surface area contributed by atoms with Crippen LogP contribution in [0.15, 0.2) is 61.4 Å². The summed E-state index contributed by atoms with van der Waals surface area (Å²) in [4.78, 5) is 16.9. The third-order valence-corrected chi connectivity index (χ3v) is 4.05. The maximum atomic E-state index is 12.7. The van der Waals surface area contributed by atoms with Crippen molar-refractivity contribution < 1.29 is 4.79 Å². The van der Waals surface area contributed by atoms with Crippen LogP contribution in [0.5, 0.6) is 0 Å². The molecule has 6 heteroatoms. The molecule has 0 aliphatic carbocycles. The normalized spacial score (nSPS) is 12.6. The largest absolute Gasteiger partial charge is 0.345 e. The molecule has 0 radical (unpaired) electrons. The Morgan fingerprint density at radius 2 is 1.81 bits per heavy atom. The Hall–Kier alpha value is -3.02. The van der Waals surface area contributed by atoms with E-state index >= 15 is 0 Å². The van der Waals surface area contributed by atoms with Crippen LogP contribution < -0.4 is 5.32 Å². The lowest BCUT2D eigenvalue weighted by Gasteiger charge is -2.27. The molecule has 0 fully saturated rings. The Bertz CT molecular complexity index is 836.